The number of nitrogens with zero attached hydrogens (tertiary/aromatic N) is 2. The molecule has 1 aliphatic heterocycles. The Hall–Kier alpha value is -2.82. The van der Waals surface area contributed by atoms with Gasteiger partial charge in [-0.3, -0.25) is 5.01 Å². The first-order chi connectivity index (χ1) is 11.2. The van der Waals surface area contributed by atoms with Crippen LogP contribution in [0.15, 0.2) is 59.7 Å². The van der Waals surface area contributed by atoms with Crippen LogP contribution in [0, 0.1) is 0 Å². The van der Waals surface area contributed by atoms with Crippen LogP contribution in [0.4, 0.5) is 5.69 Å². The SMILES string of the molecule is CCOc1ccc(N2N=C(C(=O)O)C[C@H]2c2ccccc2)cc1. The lowest BCUT2D eigenvalue weighted by Crippen LogP contribution is -2.18. The molecule has 0 radical (unpaired) electrons. The lowest BCUT2D eigenvalue weighted by atomic mass is 10.0. The number of hydrogen-bond donors (Lipinski definition) is 1. The minimum absolute atomic E-state index is 0.111. The number of anilines is 1. The minimum atomic E-state index is -0.973. The molecular formula is C18H18N2O3. The summed E-state index contributed by atoms with van der Waals surface area (Å²) in [6.45, 7) is 2.54. The van der Waals surface area contributed by atoms with E-state index < -0.39 is 5.97 Å². The number of hydrazone groups is 1. The molecule has 0 saturated heterocycles. The van der Waals surface area contributed by atoms with E-state index in [1.54, 1.807) is 5.01 Å². The fraction of sp³-hybridized carbons (Fsp3) is 0.222. The molecule has 2 aromatic carbocycles. The second-order valence-electron chi connectivity index (χ2n) is 5.25. The van der Waals surface area contributed by atoms with Gasteiger partial charge in [0.15, 0.2) is 0 Å². The van der Waals surface area contributed by atoms with E-state index in [0.29, 0.717) is 13.0 Å². The van der Waals surface area contributed by atoms with Crippen molar-refractivity contribution in [3.8, 4) is 5.75 Å². The highest BCUT2D eigenvalue weighted by atomic mass is 16.5. The molecule has 0 spiro atoms. The van der Waals surface area contributed by atoms with Crippen LogP contribution in [0.3, 0.4) is 0 Å². The van der Waals surface area contributed by atoms with Crippen molar-refractivity contribution in [3.05, 3.63) is 60.2 Å². The van der Waals surface area contributed by atoms with E-state index in [-0.39, 0.29) is 11.8 Å². The number of carbonyl (C=O) groups is 1. The Bertz CT molecular complexity index is 711. The molecule has 3 rings (SSSR count). The van der Waals surface area contributed by atoms with Gasteiger partial charge in [-0.1, -0.05) is 30.3 Å². The largest absolute Gasteiger partial charge is 0.494 e. The van der Waals surface area contributed by atoms with E-state index >= 15 is 0 Å². The van der Waals surface area contributed by atoms with Crippen LogP contribution in [0.1, 0.15) is 24.9 Å². The number of aliphatic carboxylic acids is 1. The molecule has 23 heavy (non-hydrogen) atoms. The first-order valence-electron chi connectivity index (χ1n) is 7.57. The molecule has 2 aromatic rings. The zero-order chi connectivity index (χ0) is 16.2. The smallest absolute Gasteiger partial charge is 0.352 e. The lowest BCUT2D eigenvalue weighted by molar-refractivity contribution is -0.129. The molecule has 5 nitrogen and oxygen atoms in total. The monoisotopic (exact) mass is 310 g/mol. The van der Waals surface area contributed by atoms with Crippen LogP contribution in [-0.2, 0) is 4.79 Å². The Kier molecular flexibility index (Phi) is 4.28. The van der Waals surface area contributed by atoms with Crippen LogP contribution in [0.25, 0.3) is 0 Å². The maximum atomic E-state index is 11.3. The number of ether oxygens (including phenoxy) is 1. The van der Waals surface area contributed by atoms with Crippen molar-refractivity contribution in [2.75, 3.05) is 11.6 Å². The number of benzene rings is 2. The Labute approximate surface area is 134 Å². The summed E-state index contributed by atoms with van der Waals surface area (Å²) in [5.41, 5.74) is 2.06. The number of hydrogen-bond acceptors (Lipinski definition) is 4. The maximum absolute atomic E-state index is 11.3. The average Bonchev–Trinajstić information content (AvgIpc) is 3.02. The van der Waals surface area contributed by atoms with Gasteiger partial charge in [0, 0.05) is 6.42 Å². The summed E-state index contributed by atoms with van der Waals surface area (Å²) in [5.74, 6) is -0.187. The van der Waals surface area contributed by atoms with E-state index in [1.807, 2.05) is 61.5 Å². The highest BCUT2D eigenvalue weighted by Crippen LogP contribution is 2.35. The van der Waals surface area contributed by atoms with Gasteiger partial charge in [0.05, 0.1) is 18.3 Å². The van der Waals surface area contributed by atoms with Crippen LogP contribution in [-0.4, -0.2) is 23.4 Å². The van der Waals surface area contributed by atoms with Gasteiger partial charge < -0.3 is 9.84 Å². The van der Waals surface area contributed by atoms with Crippen molar-refractivity contribution >= 4 is 17.4 Å². The van der Waals surface area contributed by atoms with Crippen molar-refractivity contribution in [1.82, 2.24) is 0 Å². The van der Waals surface area contributed by atoms with Crippen LogP contribution >= 0.6 is 0 Å². The zero-order valence-electron chi connectivity index (χ0n) is 12.8. The zero-order valence-corrected chi connectivity index (χ0v) is 12.8. The van der Waals surface area contributed by atoms with Gasteiger partial charge in [-0.15, -0.1) is 0 Å². The average molecular weight is 310 g/mol. The summed E-state index contributed by atoms with van der Waals surface area (Å²) < 4.78 is 5.45. The fourth-order valence-corrected chi connectivity index (χ4v) is 2.67. The Balaban J connectivity index is 1.93. The highest BCUT2D eigenvalue weighted by Gasteiger charge is 2.32. The third-order valence-electron chi connectivity index (χ3n) is 3.75. The summed E-state index contributed by atoms with van der Waals surface area (Å²) in [6.07, 6.45) is 0.382. The van der Waals surface area contributed by atoms with E-state index in [9.17, 15) is 9.90 Å². The second-order valence-corrected chi connectivity index (χ2v) is 5.25. The van der Waals surface area contributed by atoms with Gasteiger partial charge in [-0.2, -0.15) is 5.10 Å². The van der Waals surface area contributed by atoms with Gasteiger partial charge in [0.1, 0.15) is 11.5 Å². The molecule has 1 heterocycles. The maximum Gasteiger partial charge on any atom is 0.352 e. The van der Waals surface area contributed by atoms with Crippen molar-refractivity contribution in [2.45, 2.75) is 19.4 Å². The normalized spacial score (nSPS) is 17.0. The van der Waals surface area contributed by atoms with Crippen molar-refractivity contribution in [1.29, 1.82) is 0 Å². The van der Waals surface area contributed by atoms with E-state index in [4.69, 9.17) is 4.74 Å². The molecule has 0 amide bonds. The van der Waals surface area contributed by atoms with E-state index in [2.05, 4.69) is 5.10 Å². The highest BCUT2D eigenvalue weighted by molar-refractivity contribution is 6.36. The van der Waals surface area contributed by atoms with E-state index in [1.165, 1.54) is 0 Å². The van der Waals surface area contributed by atoms with Crippen molar-refractivity contribution < 1.29 is 14.6 Å². The van der Waals surface area contributed by atoms with E-state index in [0.717, 1.165) is 17.0 Å². The summed E-state index contributed by atoms with van der Waals surface area (Å²) in [5, 5.41) is 15.4. The lowest BCUT2D eigenvalue weighted by Gasteiger charge is -2.24. The predicted molar refractivity (Wildman–Crippen MR) is 89.0 cm³/mol. The van der Waals surface area contributed by atoms with Gasteiger partial charge in [-0.05, 0) is 36.8 Å². The standard InChI is InChI=1S/C18H18N2O3/c1-2-23-15-10-8-14(9-11-15)20-17(12-16(19-20)18(21)22)13-6-4-3-5-7-13/h3-11,17H,2,12H2,1H3,(H,21,22)/t17-/m0/s1. The van der Waals surface area contributed by atoms with Crippen molar-refractivity contribution in [2.24, 2.45) is 5.10 Å². The third kappa shape index (κ3) is 3.18. The molecule has 0 saturated carbocycles. The molecule has 0 fully saturated rings. The van der Waals surface area contributed by atoms with Crippen LogP contribution in [0.5, 0.6) is 5.75 Å². The topological polar surface area (TPSA) is 62.1 Å². The minimum Gasteiger partial charge on any atom is -0.494 e. The Morgan fingerprint density at radius 3 is 2.52 bits per heavy atom. The summed E-state index contributed by atoms with van der Waals surface area (Å²) in [4.78, 5) is 11.3. The van der Waals surface area contributed by atoms with Gasteiger partial charge in [0.2, 0.25) is 0 Å². The van der Waals surface area contributed by atoms with Crippen molar-refractivity contribution in [3.63, 3.8) is 0 Å². The third-order valence-corrected chi connectivity index (χ3v) is 3.75. The van der Waals surface area contributed by atoms with Gasteiger partial charge in [-0.25, -0.2) is 4.79 Å². The first-order valence-corrected chi connectivity index (χ1v) is 7.57. The fourth-order valence-electron chi connectivity index (χ4n) is 2.67. The molecular weight excluding hydrogens is 292 g/mol. The van der Waals surface area contributed by atoms with Gasteiger partial charge >= 0.3 is 5.97 Å². The molecule has 0 unspecified atom stereocenters. The molecule has 0 aromatic heterocycles. The van der Waals surface area contributed by atoms with Gasteiger partial charge in [0.25, 0.3) is 0 Å². The number of rotatable bonds is 5. The molecule has 118 valence electrons. The molecule has 0 bridgehead atoms. The quantitative estimate of drug-likeness (QED) is 0.918. The molecule has 1 atom stereocenters. The Morgan fingerprint density at radius 1 is 1.22 bits per heavy atom. The molecule has 0 aliphatic carbocycles. The second kappa shape index (κ2) is 6.52. The predicted octanol–water partition coefficient (Wildman–Crippen LogP) is 3.48. The number of carboxylic acids is 1. The molecule has 1 N–H and O–H groups in total. The molecule has 5 heteroatoms. The summed E-state index contributed by atoms with van der Waals surface area (Å²) in [7, 11) is 0. The molecule has 1 aliphatic rings. The van der Waals surface area contributed by atoms with Crippen LogP contribution in [0.2, 0.25) is 0 Å². The number of carboxylic acid groups (broad SMARTS) is 1. The first kappa shape index (κ1) is 15.1. The summed E-state index contributed by atoms with van der Waals surface area (Å²) >= 11 is 0. The summed E-state index contributed by atoms with van der Waals surface area (Å²) in [6, 6.07) is 17.3. The Morgan fingerprint density at radius 2 is 1.91 bits per heavy atom. The van der Waals surface area contributed by atoms with Crippen LogP contribution < -0.4 is 9.75 Å².